The molecule has 1 heterocycles. The molecule has 0 bridgehead atoms. The summed E-state index contributed by atoms with van der Waals surface area (Å²) in [5, 5.41) is 3.08. The summed E-state index contributed by atoms with van der Waals surface area (Å²) in [6.07, 6.45) is 4.22. The number of nitrogens with one attached hydrogen (secondary N) is 1. The minimum absolute atomic E-state index is 0.102. The minimum Gasteiger partial charge on any atom is -0.380 e. The number of nitrogens with two attached hydrogens (primary N) is 1. The van der Waals surface area contributed by atoms with E-state index in [1.54, 1.807) is 0 Å². The quantitative estimate of drug-likeness (QED) is 0.601. The van der Waals surface area contributed by atoms with Gasteiger partial charge in [-0.05, 0) is 19.3 Å². The Morgan fingerprint density at radius 2 is 2.18 bits per heavy atom. The van der Waals surface area contributed by atoms with Crippen LogP contribution in [0.5, 0.6) is 0 Å². The fourth-order valence-corrected chi connectivity index (χ4v) is 2.33. The van der Waals surface area contributed by atoms with Crippen LogP contribution in [0.2, 0.25) is 0 Å². The lowest BCUT2D eigenvalue weighted by Gasteiger charge is -2.15. The normalized spacial score (nSPS) is 25.1. The van der Waals surface area contributed by atoms with Crippen LogP contribution >= 0.6 is 0 Å². The molecule has 1 unspecified atom stereocenters. The lowest BCUT2D eigenvalue weighted by Crippen LogP contribution is -2.37. The van der Waals surface area contributed by atoms with Crippen LogP contribution in [0.25, 0.3) is 0 Å². The van der Waals surface area contributed by atoms with Crippen LogP contribution in [0.4, 0.5) is 0 Å². The second-order valence-electron chi connectivity index (χ2n) is 4.93. The van der Waals surface area contributed by atoms with Crippen molar-refractivity contribution in [3.8, 4) is 0 Å². The van der Waals surface area contributed by atoms with Crippen LogP contribution in [0, 0.1) is 0 Å². The second kappa shape index (κ2) is 6.33. The van der Waals surface area contributed by atoms with Gasteiger partial charge in [0.25, 0.3) is 0 Å². The smallest absolute Gasteiger partial charge is 0.222 e. The van der Waals surface area contributed by atoms with Crippen LogP contribution < -0.4 is 11.1 Å². The molecule has 98 valence electrons. The van der Waals surface area contributed by atoms with Crippen molar-refractivity contribution in [1.82, 2.24) is 10.2 Å². The molecule has 3 N–H and O–H groups in total. The zero-order valence-corrected chi connectivity index (χ0v) is 10.4. The van der Waals surface area contributed by atoms with Crippen LogP contribution in [0.1, 0.15) is 25.7 Å². The van der Waals surface area contributed by atoms with Gasteiger partial charge in [-0.3, -0.25) is 9.69 Å². The fourth-order valence-electron chi connectivity index (χ4n) is 2.33. The molecule has 0 aromatic rings. The van der Waals surface area contributed by atoms with Crippen molar-refractivity contribution in [2.45, 2.75) is 37.8 Å². The molecule has 0 aromatic carbocycles. The highest BCUT2D eigenvalue weighted by atomic mass is 16.5. The van der Waals surface area contributed by atoms with Crippen molar-refractivity contribution in [1.29, 1.82) is 0 Å². The van der Waals surface area contributed by atoms with Gasteiger partial charge in [-0.15, -0.1) is 0 Å². The van der Waals surface area contributed by atoms with Gasteiger partial charge in [0.2, 0.25) is 5.91 Å². The Balaban J connectivity index is 1.55. The van der Waals surface area contributed by atoms with Crippen molar-refractivity contribution in [3.63, 3.8) is 0 Å². The third-order valence-corrected chi connectivity index (χ3v) is 3.38. The maximum absolute atomic E-state index is 11.6. The third-order valence-electron chi connectivity index (χ3n) is 3.38. The highest BCUT2D eigenvalue weighted by molar-refractivity contribution is 5.76. The molecule has 0 radical (unpaired) electrons. The second-order valence-corrected chi connectivity index (χ2v) is 4.93. The van der Waals surface area contributed by atoms with Gasteiger partial charge < -0.3 is 15.8 Å². The van der Waals surface area contributed by atoms with E-state index in [0.29, 0.717) is 32.2 Å². The largest absolute Gasteiger partial charge is 0.380 e. The Bertz CT molecular complexity index is 256. The van der Waals surface area contributed by atoms with E-state index in [0.717, 1.165) is 25.6 Å². The van der Waals surface area contributed by atoms with E-state index in [4.69, 9.17) is 10.5 Å². The molecule has 1 saturated heterocycles. The van der Waals surface area contributed by atoms with E-state index in [1.807, 2.05) is 0 Å². The van der Waals surface area contributed by atoms with Gasteiger partial charge in [0.05, 0.1) is 13.2 Å². The molecule has 17 heavy (non-hydrogen) atoms. The SMILES string of the molecule is NCCOCCC(=O)NC1CCN(C2CC2)C1. The molecule has 1 aliphatic carbocycles. The summed E-state index contributed by atoms with van der Waals surface area (Å²) in [6.45, 7) is 3.69. The summed E-state index contributed by atoms with van der Waals surface area (Å²) in [4.78, 5) is 14.1. The van der Waals surface area contributed by atoms with Crippen molar-refractivity contribution >= 4 is 5.91 Å². The van der Waals surface area contributed by atoms with E-state index in [1.165, 1.54) is 12.8 Å². The Morgan fingerprint density at radius 3 is 2.88 bits per heavy atom. The molecular weight excluding hydrogens is 218 g/mol. The number of carbonyl (C=O) groups is 1. The topological polar surface area (TPSA) is 67.6 Å². The third kappa shape index (κ3) is 4.26. The summed E-state index contributed by atoms with van der Waals surface area (Å²) >= 11 is 0. The number of carbonyl (C=O) groups excluding carboxylic acids is 1. The Labute approximate surface area is 103 Å². The van der Waals surface area contributed by atoms with E-state index in [-0.39, 0.29) is 5.91 Å². The first-order valence-corrected chi connectivity index (χ1v) is 6.61. The Kier molecular flexibility index (Phi) is 4.76. The maximum Gasteiger partial charge on any atom is 0.222 e. The predicted molar refractivity (Wildman–Crippen MR) is 65.6 cm³/mol. The van der Waals surface area contributed by atoms with Gasteiger partial charge in [0, 0.05) is 38.1 Å². The molecule has 1 saturated carbocycles. The highest BCUT2D eigenvalue weighted by Crippen LogP contribution is 2.29. The summed E-state index contributed by atoms with van der Waals surface area (Å²) in [5.41, 5.74) is 5.30. The first-order valence-electron chi connectivity index (χ1n) is 6.61. The molecule has 5 nitrogen and oxygen atoms in total. The molecule has 5 heteroatoms. The van der Waals surface area contributed by atoms with Gasteiger partial charge in [0.1, 0.15) is 0 Å². The number of likely N-dealkylation sites (tertiary alicyclic amines) is 1. The van der Waals surface area contributed by atoms with Gasteiger partial charge in [-0.2, -0.15) is 0 Å². The number of amides is 1. The summed E-state index contributed by atoms with van der Waals surface area (Å²) < 4.78 is 5.19. The standard InChI is InChI=1S/C12H23N3O2/c13-5-8-17-7-4-12(16)14-10-3-6-15(9-10)11-1-2-11/h10-11H,1-9,13H2,(H,14,16). The van der Waals surface area contributed by atoms with Gasteiger partial charge in [0.15, 0.2) is 0 Å². The number of nitrogens with zero attached hydrogens (tertiary/aromatic N) is 1. The zero-order chi connectivity index (χ0) is 12.1. The van der Waals surface area contributed by atoms with Crippen molar-refractivity contribution in [2.75, 3.05) is 32.8 Å². The maximum atomic E-state index is 11.6. The number of hydrogen-bond acceptors (Lipinski definition) is 4. The molecule has 1 atom stereocenters. The zero-order valence-electron chi connectivity index (χ0n) is 10.4. The average Bonchev–Trinajstić information content (AvgIpc) is 3.07. The van der Waals surface area contributed by atoms with E-state index >= 15 is 0 Å². The highest BCUT2D eigenvalue weighted by Gasteiger charge is 2.34. The van der Waals surface area contributed by atoms with Crippen LogP contribution in [-0.2, 0) is 9.53 Å². The molecule has 0 aromatic heterocycles. The van der Waals surface area contributed by atoms with Crippen molar-refractivity contribution in [2.24, 2.45) is 5.73 Å². The molecule has 2 rings (SSSR count). The van der Waals surface area contributed by atoms with Crippen LogP contribution in [0.3, 0.4) is 0 Å². The summed E-state index contributed by atoms with van der Waals surface area (Å²) in [7, 11) is 0. The number of rotatable bonds is 7. The minimum atomic E-state index is 0.102. The molecule has 2 aliphatic rings. The van der Waals surface area contributed by atoms with Gasteiger partial charge in [-0.25, -0.2) is 0 Å². The molecule has 1 amide bonds. The monoisotopic (exact) mass is 241 g/mol. The first kappa shape index (κ1) is 12.8. The van der Waals surface area contributed by atoms with E-state index in [2.05, 4.69) is 10.2 Å². The van der Waals surface area contributed by atoms with Crippen LogP contribution in [-0.4, -0.2) is 55.7 Å². The van der Waals surface area contributed by atoms with E-state index < -0.39 is 0 Å². The fraction of sp³-hybridized carbons (Fsp3) is 0.917. The first-order chi connectivity index (χ1) is 8.29. The van der Waals surface area contributed by atoms with Gasteiger partial charge in [-0.1, -0.05) is 0 Å². The Hall–Kier alpha value is -0.650. The van der Waals surface area contributed by atoms with E-state index in [9.17, 15) is 4.79 Å². The number of hydrogen-bond donors (Lipinski definition) is 2. The lowest BCUT2D eigenvalue weighted by molar-refractivity contribution is -0.122. The number of ether oxygens (including phenoxy) is 1. The Morgan fingerprint density at radius 1 is 1.35 bits per heavy atom. The van der Waals surface area contributed by atoms with Crippen molar-refractivity contribution in [3.05, 3.63) is 0 Å². The molecule has 0 spiro atoms. The molecule has 1 aliphatic heterocycles. The van der Waals surface area contributed by atoms with Gasteiger partial charge >= 0.3 is 0 Å². The molecule has 2 fully saturated rings. The van der Waals surface area contributed by atoms with Crippen LogP contribution in [0.15, 0.2) is 0 Å². The lowest BCUT2D eigenvalue weighted by atomic mass is 10.2. The average molecular weight is 241 g/mol. The summed E-state index contributed by atoms with van der Waals surface area (Å²) in [6, 6.07) is 1.15. The molecular formula is C12H23N3O2. The predicted octanol–water partition coefficient (Wildman–Crippen LogP) is -0.295. The summed E-state index contributed by atoms with van der Waals surface area (Å²) in [5.74, 6) is 0.102. The van der Waals surface area contributed by atoms with Crippen molar-refractivity contribution < 1.29 is 9.53 Å².